The molecule has 2 N–H and O–H groups in total. The molecule has 110 valence electrons. The molecule has 1 aromatic rings. The van der Waals surface area contributed by atoms with Crippen LogP contribution in [0.3, 0.4) is 0 Å². The van der Waals surface area contributed by atoms with Gasteiger partial charge in [0.1, 0.15) is 0 Å². The summed E-state index contributed by atoms with van der Waals surface area (Å²) < 4.78 is 37.5. The fourth-order valence-electron chi connectivity index (χ4n) is 2.32. The zero-order valence-electron chi connectivity index (χ0n) is 10.7. The highest BCUT2D eigenvalue weighted by Gasteiger charge is 2.32. The SMILES string of the molecule is O=C1NCCC(c2ccc(C(F)(F)F)cc2)N1CCO. The molecule has 0 saturated carbocycles. The third-order valence-electron chi connectivity index (χ3n) is 3.29. The second kappa shape index (κ2) is 5.70. The van der Waals surface area contributed by atoms with Gasteiger partial charge in [-0.3, -0.25) is 0 Å². The normalized spacial score (nSPS) is 19.9. The Balaban J connectivity index is 2.22. The molecule has 1 atom stereocenters. The molecular weight excluding hydrogens is 273 g/mol. The number of hydrogen-bond donors (Lipinski definition) is 2. The number of halogens is 3. The molecule has 2 amide bonds. The van der Waals surface area contributed by atoms with Crippen molar-refractivity contribution in [2.45, 2.75) is 18.6 Å². The third kappa shape index (κ3) is 3.04. The molecule has 1 fully saturated rings. The number of aliphatic hydroxyl groups is 1. The van der Waals surface area contributed by atoms with Crippen molar-refractivity contribution in [3.63, 3.8) is 0 Å². The van der Waals surface area contributed by atoms with Crippen molar-refractivity contribution < 1.29 is 23.1 Å². The van der Waals surface area contributed by atoms with Gasteiger partial charge in [-0.15, -0.1) is 0 Å². The number of alkyl halides is 3. The highest BCUT2D eigenvalue weighted by atomic mass is 19.4. The van der Waals surface area contributed by atoms with Crippen LogP contribution in [0.1, 0.15) is 23.6 Å². The van der Waals surface area contributed by atoms with Gasteiger partial charge >= 0.3 is 12.2 Å². The molecule has 0 aliphatic carbocycles. The van der Waals surface area contributed by atoms with Crippen LogP contribution in [-0.4, -0.2) is 35.7 Å². The summed E-state index contributed by atoms with van der Waals surface area (Å²) >= 11 is 0. The first kappa shape index (κ1) is 14.6. The number of aliphatic hydroxyl groups excluding tert-OH is 1. The number of rotatable bonds is 3. The minimum atomic E-state index is -4.37. The summed E-state index contributed by atoms with van der Waals surface area (Å²) in [5.41, 5.74) is -0.0727. The van der Waals surface area contributed by atoms with E-state index in [-0.39, 0.29) is 25.2 Å². The molecule has 1 aliphatic heterocycles. The van der Waals surface area contributed by atoms with E-state index in [0.717, 1.165) is 12.1 Å². The van der Waals surface area contributed by atoms with Crippen LogP contribution in [0.5, 0.6) is 0 Å². The van der Waals surface area contributed by atoms with Gasteiger partial charge < -0.3 is 15.3 Å². The maximum atomic E-state index is 12.5. The number of carbonyl (C=O) groups excluding carboxylic acids is 1. The Labute approximate surface area is 114 Å². The second-order valence-electron chi connectivity index (χ2n) is 4.57. The highest BCUT2D eigenvalue weighted by molar-refractivity contribution is 5.75. The average molecular weight is 288 g/mol. The molecule has 4 nitrogen and oxygen atoms in total. The van der Waals surface area contributed by atoms with Gasteiger partial charge in [0, 0.05) is 13.1 Å². The summed E-state index contributed by atoms with van der Waals surface area (Å²) in [6, 6.07) is 4.18. The number of carbonyl (C=O) groups is 1. The topological polar surface area (TPSA) is 52.6 Å². The van der Waals surface area contributed by atoms with Crippen LogP contribution in [-0.2, 0) is 6.18 Å². The van der Waals surface area contributed by atoms with E-state index in [9.17, 15) is 18.0 Å². The first-order chi connectivity index (χ1) is 9.43. The largest absolute Gasteiger partial charge is 0.416 e. The Hall–Kier alpha value is -1.76. The molecular formula is C13H15F3N2O2. The molecule has 0 bridgehead atoms. The van der Waals surface area contributed by atoms with Crippen LogP contribution in [0, 0.1) is 0 Å². The van der Waals surface area contributed by atoms with Crippen LogP contribution in [0.25, 0.3) is 0 Å². The van der Waals surface area contributed by atoms with Crippen LogP contribution < -0.4 is 5.32 Å². The van der Waals surface area contributed by atoms with E-state index in [0.29, 0.717) is 18.5 Å². The molecule has 0 aromatic heterocycles. The monoisotopic (exact) mass is 288 g/mol. The van der Waals surface area contributed by atoms with E-state index < -0.39 is 11.7 Å². The van der Waals surface area contributed by atoms with E-state index >= 15 is 0 Å². The maximum Gasteiger partial charge on any atom is 0.416 e. The minimum Gasteiger partial charge on any atom is -0.395 e. The number of hydrogen-bond acceptors (Lipinski definition) is 2. The fraction of sp³-hybridized carbons (Fsp3) is 0.462. The molecule has 7 heteroatoms. The predicted octanol–water partition coefficient (Wildman–Crippen LogP) is 2.15. The Morgan fingerprint density at radius 3 is 2.50 bits per heavy atom. The fourth-order valence-corrected chi connectivity index (χ4v) is 2.32. The van der Waals surface area contributed by atoms with Gasteiger partial charge in [0.25, 0.3) is 0 Å². The number of benzene rings is 1. The molecule has 1 unspecified atom stereocenters. The predicted molar refractivity (Wildman–Crippen MR) is 66.0 cm³/mol. The minimum absolute atomic E-state index is 0.150. The average Bonchev–Trinajstić information content (AvgIpc) is 2.40. The van der Waals surface area contributed by atoms with Gasteiger partial charge in [0.2, 0.25) is 0 Å². The lowest BCUT2D eigenvalue weighted by Crippen LogP contribution is -2.49. The molecule has 1 aromatic carbocycles. The third-order valence-corrected chi connectivity index (χ3v) is 3.29. The van der Waals surface area contributed by atoms with Crippen molar-refractivity contribution in [2.24, 2.45) is 0 Å². The van der Waals surface area contributed by atoms with Crippen molar-refractivity contribution in [3.05, 3.63) is 35.4 Å². The van der Waals surface area contributed by atoms with Crippen molar-refractivity contribution in [1.82, 2.24) is 10.2 Å². The maximum absolute atomic E-state index is 12.5. The molecule has 20 heavy (non-hydrogen) atoms. The summed E-state index contributed by atoms with van der Waals surface area (Å²) in [4.78, 5) is 13.2. The number of nitrogens with one attached hydrogen (secondary N) is 1. The van der Waals surface area contributed by atoms with Crippen LogP contribution in [0.4, 0.5) is 18.0 Å². The summed E-state index contributed by atoms with van der Waals surface area (Å²) in [5.74, 6) is 0. The smallest absolute Gasteiger partial charge is 0.395 e. The number of β-amino-alcohol motifs (C(OH)–C–C–N with tert-alkyl or cyclic N) is 1. The van der Waals surface area contributed by atoms with Gasteiger partial charge in [0.05, 0.1) is 18.2 Å². The van der Waals surface area contributed by atoms with E-state index in [2.05, 4.69) is 5.32 Å². The summed E-state index contributed by atoms with van der Waals surface area (Å²) in [6.45, 7) is 0.425. The Morgan fingerprint density at radius 1 is 1.30 bits per heavy atom. The molecule has 1 heterocycles. The van der Waals surface area contributed by atoms with Crippen LogP contribution >= 0.6 is 0 Å². The zero-order chi connectivity index (χ0) is 14.8. The zero-order valence-corrected chi connectivity index (χ0v) is 10.7. The first-order valence-electron chi connectivity index (χ1n) is 6.26. The van der Waals surface area contributed by atoms with Crippen LogP contribution in [0.2, 0.25) is 0 Å². The number of urea groups is 1. The number of nitrogens with zero attached hydrogens (tertiary/aromatic N) is 1. The van der Waals surface area contributed by atoms with Gasteiger partial charge in [-0.1, -0.05) is 12.1 Å². The van der Waals surface area contributed by atoms with Crippen LogP contribution in [0.15, 0.2) is 24.3 Å². The van der Waals surface area contributed by atoms with Gasteiger partial charge in [0.15, 0.2) is 0 Å². The van der Waals surface area contributed by atoms with Crippen molar-refractivity contribution in [2.75, 3.05) is 19.7 Å². The highest BCUT2D eigenvalue weighted by Crippen LogP contribution is 2.32. The lowest BCUT2D eigenvalue weighted by Gasteiger charge is -2.36. The quantitative estimate of drug-likeness (QED) is 0.895. The molecule has 1 aliphatic rings. The van der Waals surface area contributed by atoms with E-state index in [4.69, 9.17) is 5.11 Å². The Kier molecular flexibility index (Phi) is 4.17. The van der Waals surface area contributed by atoms with Gasteiger partial charge in [-0.25, -0.2) is 4.79 Å². The first-order valence-corrected chi connectivity index (χ1v) is 6.26. The lowest BCUT2D eigenvalue weighted by atomic mass is 9.99. The molecule has 1 saturated heterocycles. The van der Waals surface area contributed by atoms with E-state index in [1.54, 1.807) is 0 Å². The molecule has 0 radical (unpaired) electrons. The van der Waals surface area contributed by atoms with E-state index in [1.807, 2.05) is 0 Å². The Bertz CT molecular complexity index is 473. The summed E-state index contributed by atoms with van der Waals surface area (Å²) in [6.07, 6.45) is -3.77. The van der Waals surface area contributed by atoms with Crippen molar-refractivity contribution in [1.29, 1.82) is 0 Å². The van der Waals surface area contributed by atoms with Gasteiger partial charge in [-0.2, -0.15) is 13.2 Å². The standard InChI is InChI=1S/C13H15F3N2O2/c14-13(15,16)10-3-1-9(2-4-10)11-5-6-17-12(20)18(11)7-8-19/h1-4,11,19H,5-8H2,(H,17,20). The Morgan fingerprint density at radius 2 is 1.95 bits per heavy atom. The van der Waals surface area contributed by atoms with E-state index in [1.165, 1.54) is 17.0 Å². The summed E-state index contributed by atoms with van der Waals surface area (Å²) in [7, 11) is 0. The number of amides is 2. The molecule has 0 spiro atoms. The second-order valence-corrected chi connectivity index (χ2v) is 4.57. The lowest BCUT2D eigenvalue weighted by molar-refractivity contribution is -0.137. The molecule has 2 rings (SSSR count). The summed E-state index contributed by atoms with van der Waals surface area (Å²) in [5, 5.41) is 11.6. The van der Waals surface area contributed by atoms with Crippen molar-refractivity contribution in [3.8, 4) is 0 Å². The van der Waals surface area contributed by atoms with Gasteiger partial charge in [-0.05, 0) is 24.1 Å². The van der Waals surface area contributed by atoms with Crippen molar-refractivity contribution >= 4 is 6.03 Å².